The molecule has 0 saturated heterocycles. The number of fused-ring (bicyclic) bond motifs is 1. The van der Waals surface area contributed by atoms with Gasteiger partial charge in [-0.3, -0.25) is 14.5 Å². The van der Waals surface area contributed by atoms with Crippen LogP contribution in [-0.4, -0.2) is 35.5 Å². The van der Waals surface area contributed by atoms with E-state index < -0.39 is 23.5 Å². The number of amides is 1. The second kappa shape index (κ2) is 10.7. The number of carbonyl (C=O) groups excluding carboxylic acids is 2. The van der Waals surface area contributed by atoms with Gasteiger partial charge < -0.3 is 19.0 Å². The fourth-order valence-electron chi connectivity index (χ4n) is 4.45. The number of hydrogen-bond acceptors (Lipinski definition) is 8. The molecule has 38 heavy (non-hydrogen) atoms. The average Bonchev–Trinajstić information content (AvgIpc) is 3.62. The van der Waals surface area contributed by atoms with Crippen molar-refractivity contribution >= 4 is 38.4 Å². The molecule has 2 aromatic heterocycles. The predicted molar refractivity (Wildman–Crippen MR) is 145 cm³/mol. The molecule has 0 aliphatic carbocycles. The number of aliphatic hydroxyl groups excluding tert-OH is 1. The van der Waals surface area contributed by atoms with E-state index in [4.69, 9.17) is 13.9 Å². The Morgan fingerprint density at radius 3 is 2.55 bits per heavy atom. The predicted octanol–water partition coefficient (Wildman–Crippen LogP) is 6.56. The van der Waals surface area contributed by atoms with Crippen molar-refractivity contribution in [2.45, 2.75) is 39.2 Å². The number of ketones is 1. The maximum atomic E-state index is 13.6. The smallest absolute Gasteiger partial charge is 0.296 e. The summed E-state index contributed by atoms with van der Waals surface area (Å²) in [5.41, 5.74) is 1.25. The lowest BCUT2D eigenvalue weighted by molar-refractivity contribution is -0.117. The Labute approximate surface area is 224 Å². The van der Waals surface area contributed by atoms with Gasteiger partial charge in [-0.2, -0.15) is 0 Å². The molecule has 0 radical (unpaired) electrons. The lowest BCUT2D eigenvalue weighted by Gasteiger charge is -2.24. The maximum absolute atomic E-state index is 13.6. The van der Waals surface area contributed by atoms with Crippen molar-refractivity contribution in [3.05, 3.63) is 83.0 Å². The Kier molecular flexibility index (Phi) is 7.20. The number of ether oxygens (including phenoxy) is 2. The van der Waals surface area contributed by atoms with Crippen molar-refractivity contribution in [2.75, 3.05) is 18.6 Å². The number of carbonyl (C=O) groups is 2. The van der Waals surface area contributed by atoms with Gasteiger partial charge in [-0.05, 0) is 61.4 Å². The summed E-state index contributed by atoms with van der Waals surface area (Å²) in [6.07, 6.45) is 3.16. The Morgan fingerprint density at radius 2 is 1.87 bits per heavy atom. The van der Waals surface area contributed by atoms with Crippen molar-refractivity contribution in [2.24, 2.45) is 0 Å². The monoisotopic (exact) mass is 532 g/mol. The molecule has 8 nitrogen and oxygen atoms in total. The van der Waals surface area contributed by atoms with Crippen molar-refractivity contribution in [1.29, 1.82) is 0 Å². The topological polar surface area (TPSA) is 102 Å². The highest BCUT2D eigenvalue weighted by Crippen LogP contribution is 2.44. The number of aliphatic hydroxyl groups is 1. The Bertz CT molecular complexity index is 1520. The Hall–Kier alpha value is -4.11. The first kappa shape index (κ1) is 25.5. The molecule has 1 amide bonds. The number of furan rings is 1. The molecule has 0 fully saturated rings. The zero-order chi connectivity index (χ0) is 26.8. The molecule has 1 atom stereocenters. The van der Waals surface area contributed by atoms with Crippen LogP contribution in [0.25, 0.3) is 10.2 Å². The lowest BCUT2D eigenvalue weighted by Crippen LogP contribution is -2.30. The first-order valence-corrected chi connectivity index (χ1v) is 13.3. The number of aryl methyl sites for hydroxylation is 1. The van der Waals surface area contributed by atoms with Crippen LogP contribution in [0.15, 0.2) is 70.3 Å². The minimum Gasteiger partial charge on any atom is -0.503 e. The normalized spacial score (nSPS) is 15.5. The maximum Gasteiger partial charge on any atom is 0.296 e. The summed E-state index contributed by atoms with van der Waals surface area (Å²) < 4.78 is 17.5. The van der Waals surface area contributed by atoms with E-state index in [9.17, 15) is 14.7 Å². The third kappa shape index (κ3) is 4.77. The van der Waals surface area contributed by atoms with Gasteiger partial charge in [-0.25, -0.2) is 4.98 Å². The highest BCUT2D eigenvalue weighted by molar-refractivity contribution is 7.22. The summed E-state index contributed by atoms with van der Waals surface area (Å²) in [6, 6.07) is 14.9. The van der Waals surface area contributed by atoms with Crippen LogP contribution in [-0.2, 0) is 4.79 Å². The third-order valence-electron chi connectivity index (χ3n) is 6.42. The second-order valence-electron chi connectivity index (χ2n) is 9.03. The molecule has 1 aliphatic heterocycles. The van der Waals surface area contributed by atoms with Crippen LogP contribution in [0.2, 0.25) is 0 Å². The number of thiazole rings is 1. The molecule has 5 rings (SSSR count). The molecule has 1 N–H and O–H groups in total. The van der Waals surface area contributed by atoms with Gasteiger partial charge in [0.15, 0.2) is 16.7 Å². The minimum atomic E-state index is -0.906. The second-order valence-corrected chi connectivity index (χ2v) is 10.0. The number of Topliss-reactive ketones (excluding diaryl/α,β-unsaturated/α-hetero) is 1. The molecule has 2 aromatic carbocycles. The molecule has 0 bridgehead atoms. The minimum absolute atomic E-state index is 0.0496. The molecule has 3 heterocycles. The molecular formula is C29H28N2O6S. The van der Waals surface area contributed by atoms with Gasteiger partial charge in [0.1, 0.15) is 17.3 Å². The number of hydrogen-bond donors (Lipinski definition) is 1. The summed E-state index contributed by atoms with van der Waals surface area (Å²) in [5, 5.41) is 11.4. The molecular weight excluding hydrogens is 504 g/mol. The van der Waals surface area contributed by atoms with E-state index in [1.54, 1.807) is 50.4 Å². The number of nitrogens with zero attached hydrogens (tertiary/aromatic N) is 2. The number of benzene rings is 2. The molecule has 4 aromatic rings. The number of anilines is 1. The van der Waals surface area contributed by atoms with Gasteiger partial charge in [0.2, 0.25) is 5.78 Å². The van der Waals surface area contributed by atoms with Gasteiger partial charge >= 0.3 is 0 Å². The molecule has 0 spiro atoms. The number of methoxy groups -OCH3 is 1. The van der Waals surface area contributed by atoms with E-state index >= 15 is 0 Å². The Balaban J connectivity index is 1.55. The van der Waals surface area contributed by atoms with Crippen LogP contribution >= 0.6 is 11.3 Å². The van der Waals surface area contributed by atoms with Crippen LogP contribution in [0.3, 0.4) is 0 Å². The fraction of sp³-hybridized carbons (Fsp3) is 0.276. The van der Waals surface area contributed by atoms with Gasteiger partial charge in [-0.15, -0.1) is 0 Å². The average molecular weight is 533 g/mol. The van der Waals surface area contributed by atoms with Crippen molar-refractivity contribution in [3.63, 3.8) is 0 Å². The molecule has 196 valence electrons. The first-order valence-electron chi connectivity index (χ1n) is 12.5. The fourth-order valence-corrected chi connectivity index (χ4v) is 5.47. The summed E-state index contributed by atoms with van der Waals surface area (Å²) in [4.78, 5) is 33.0. The van der Waals surface area contributed by atoms with E-state index in [-0.39, 0.29) is 11.3 Å². The van der Waals surface area contributed by atoms with Gasteiger partial charge in [0.25, 0.3) is 5.91 Å². The van der Waals surface area contributed by atoms with E-state index in [0.717, 1.165) is 24.0 Å². The number of unbranched alkanes of at least 4 members (excludes halogenated alkanes) is 2. The van der Waals surface area contributed by atoms with Crippen molar-refractivity contribution < 1.29 is 28.6 Å². The van der Waals surface area contributed by atoms with Gasteiger partial charge in [0.05, 0.1) is 35.5 Å². The van der Waals surface area contributed by atoms with Crippen LogP contribution in [0.1, 0.15) is 54.1 Å². The van der Waals surface area contributed by atoms with Crippen LogP contribution < -0.4 is 14.4 Å². The van der Waals surface area contributed by atoms with Crippen molar-refractivity contribution in [3.8, 4) is 11.5 Å². The van der Waals surface area contributed by atoms with Gasteiger partial charge in [0, 0.05) is 0 Å². The lowest BCUT2D eigenvalue weighted by atomic mass is 9.95. The zero-order valence-corrected chi connectivity index (χ0v) is 22.2. The summed E-state index contributed by atoms with van der Waals surface area (Å²) in [6.45, 7) is 4.47. The highest BCUT2D eigenvalue weighted by Gasteiger charge is 2.46. The Morgan fingerprint density at radius 1 is 1.11 bits per heavy atom. The zero-order valence-electron chi connectivity index (χ0n) is 21.4. The standard InChI is InChI=1S/C29H28N2O6S/c1-4-5-6-15-36-19-10-8-18(9-11-19)25-24(26(32)22-14-7-17(2)37-22)27(33)28(34)31(25)29-30-21-13-12-20(35-3)16-23(21)38-29/h7-14,16,25,33H,4-6,15H2,1-3H3. The van der Waals surface area contributed by atoms with Crippen molar-refractivity contribution in [1.82, 2.24) is 4.98 Å². The summed E-state index contributed by atoms with van der Waals surface area (Å²) in [5.74, 6) is 0.0778. The van der Waals surface area contributed by atoms with E-state index in [1.807, 2.05) is 18.2 Å². The van der Waals surface area contributed by atoms with E-state index in [2.05, 4.69) is 11.9 Å². The highest BCUT2D eigenvalue weighted by atomic mass is 32.1. The van der Waals surface area contributed by atoms with Gasteiger partial charge in [-0.1, -0.05) is 43.2 Å². The molecule has 0 saturated carbocycles. The van der Waals surface area contributed by atoms with E-state index in [1.165, 1.54) is 16.2 Å². The summed E-state index contributed by atoms with van der Waals surface area (Å²) >= 11 is 1.28. The molecule has 1 unspecified atom stereocenters. The number of aromatic nitrogens is 1. The number of rotatable bonds is 10. The molecule has 9 heteroatoms. The molecule has 1 aliphatic rings. The largest absolute Gasteiger partial charge is 0.503 e. The first-order chi connectivity index (χ1) is 18.4. The SMILES string of the molecule is CCCCCOc1ccc(C2C(C(=O)c3ccc(C)o3)=C(O)C(=O)N2c2nc3ccc(OC)cc3s2)cc1. The quantitative estimate of drug-likeness (QED) is 0.182. The van der Waals surface area contributed by atoms with E-state index in [0.29, 0.717) is 40.1 Å². The summed E-state index contributed by atoms with van der Waals surface area (Å²) in [7, 11) is 1.58. The van der Waals surface area contributed by atoms with Crippen LogP contribution in [0.4, 0.5) is 5.13 Å². The third-order valence-corrected chi connectivity index (χ3v) is 7.44. The van der Waals surface area contributed by atoms with Crippen LogP contribution in [0.5, 0.6) is 11.5 Å². The van der Waals surface area contributed by atoms with Crippen LogP contribution in [0, 0.1) is 6.92 Å².